The van der Waals surface area contributed by atoms with E-state index in [1.54, 1.807) is 13.8 Å². The van der Waals surface area contributed by atoms with E-state index in [2.05, 4.69) is 39.3 Å². The summed E-state index contributed by atoms with van der Waals surface area (Å²) in [6.45, 7) is 10.2. The van der Waals surface area contributed by atoms with E-state index in [4.69, 9.17) is 4.52 Å². The molecule has 0 aliphatic heterocycles. The normalized spacial score (nSPS) is 28.7. The molecule has 1 aliphatic carbocycles. The minimum atomic E-state index is -2.03. The lowest BCUT2D eigenvalue weighted by Crippen LogP contribution is -2.31. The number of aliphatic hydroxyl groups excluding tert-OH is 2. The van der Waals surface area contributed by atoms with Crippen LogP contribution in [0.1, 0.15) is 47.5 Å². The molecule has 25 heavy (non-hydrogen) atoms. The molecule has 0 heterocycles. The molecule has 1 fully saturated rings. The van der Waals surface area contributed by atoms with Gasteiger partial charge in [-0.15, -0.1) is 12.2 Å². The zero-order valence-electron chi connectivity index (χ0n) is 16.2. The van der Waals surface area contributed by atoms with Crippen LogP contribution in [-0.2, 0) is 9.32 Å². The third-order valence-corrected chi connectivity index (χ3v) is 9.33. The van der Waals surface area contributed by atoms with E-state index in [0.717, 1.165) is 19.0 Å². The van der Waals surface area contributed by atoms with E-state index >= 15 is 0 Å². The van der Waals surface area contributed by atoms with E-state index in [1.807, 2.05) is 0 Å². The minimum absolute atomic E-state index is 0.0314. The summed E-state index contributed by atoms with van der Waals surface area (Å²) in [4.78, 5) is 11.9. The molecule has 1 saturated carbocycles. The monoisotopic (exact) mass is 410 g/mol. The molecule has 0 saturated heterocycles. The Labute approximate surface area is 162 Å². The van der Waals surface area contributed by atoms with Crippen LogP contribution in [0.4, 0.5) is 0 Å². The number of carbonyl (C=O) groups excluding carboxylic acids is 1. The minimum Gasteiger partial charge on any atom is -0.395 e. The van der Waals surface area contributed by atoms with Gasteiger partial charge in [0.15, 0.2) is 5.12 Å². The molecule has 4 atom stereocenters. The molecule has 0 amide bonds. The summed E-state index contributed by atoms with van der Waals surface area (Å²) in [5.74, 6) is 1.32. The summed E-state index contributed by atoms with van der Waals surface area (Å²) in [5.41, 5.74) is -0.759. The van der Waals surface area contributed by atoms with Gasteiger partial charge in [-0.05, 0) is 50.1 Å². The first kappa shape index (κ1) is 23.6. The van der Waals surface area contributed by atoms with Crippen molar-refractivity contribution in [3.8, 4) is 0 Å². The second-order valence-corrected chi connectivity index (χ2v) is 14.2. The van der Waals surface area contributed by atoms with E-state index in [9.17, 15) is 15.0 Å². The van der Waals surface area contributed by atoms with Crippen LogP contribution in [0.25, 0.3) is 0 Å². The first-order valence-electron chi connectivity index (χ1n) is 8.89. The summed E-state index contributed by atoms with van der Waals surface area (Å²) >= 11 is 5.80. The molecule has 0 bridgehead atoms. The van der Waals surface area contributed by atoms with Crippen LogP contribution in [0.5, 0.6) is 0 Å². The number of rotatable bonds is 9. The van der Waals surface area contributed by atoms with Crippen LogP contribution >= 0.6 is 30.3 Å². The smallest absolute Gasteiger partial charge is 0.196 e. The molecular formula is C18H35O4PS2. The Morgan fingerprint density at radius 1 is 1.48 bits per heavy atom. The SMILES string of the molecule is C=P(S)(CCC1C[C@@H](C)C(C)(C)[C@@H]1O)OCCSC(=O)C(C)(C)CO. The van der Waals surface area contributed by atoms with Crippen LogP contribution in [0.15, 0.2) is 0 Å². The van der Waals surface area contributed by atoms with Gasteiger partial charge < -0.3 is 14.7 Å². The zero-order valence-corrected chi connectivity index (χ0v) is 18.8. The average Bonchev–Trinajstić information content (AvgIpc) is 2.72. The Balaban J connectivity index is 2.35. The van der Waals surface area contributed by atoms with Gasteiger partial charge in [0, 0.05) is 12.1 Å². The highest BCUT2D eigenvalue weighted by Crippen LogP contribution is 2.54. The molecule has 2 unspecified atom stereocenters. The quantitative estimate of drug-likeness (QED) is 0.305. The first-order valence-corrected chi connectivity index (χ1v) is 13.1. The van der Waals surface area contributed by atoms with Gasteiger partial charge in [0.25, 0.3) is 0 Å². The van der Waals surface area contributed by atoms with Crippen LogP contribution in [-0.4, -0.2) is 52.9 Å². The van der Waals surface area contributed by atoms with Gasteiger partial charge in [0.2, 0.25) is 0 Å². The molecule has 148 valence electrons. The highest BCUT2D eigenvalue weighted by molar-refractivity contribution is 8.49. The van der Waals surface area contributed by atoms with Crippen molar-refractivity contribution in [2.75, 3.05) is 25.1 Å². The predicted octanol–water partition coefficient (Wildman–Crippen LogP) is 3.92. The molecule has 0 aromatic carbocycles. The van der Waals surface area contributed by atoms with E-state index in [-0.39, 0.29) is 29.2 Å². The first-order chi connectivity index (χ1) is 11.3. The van der Waals surface area contributed by atoms with Crippen LogP contribution < -0.4 is 0 Å². The third kappa shape index (κ3) is 6.58. The summed E-state index contributed by atoms with van der Waals surface area (Å²) in [5, 5.41) is 19.7. The van der Waals surface area contributed by atoms with Crippen LogP contribution in [0.3, 0.4) is 0 Å². The fourth-order valence-corrected chi connectivity index (χ4v) is 5.91. The molecule has 2 N–H and O–H groups in total. The molecular weight excluding hydrogens is 375 g/mol. The fraction of sp³-hybridized carbons (Fsp3) is 0.889. The van der Waals surface area contributed by atoms with Gasteiger partial charge in [0.05, 0.1) is 24.7 Å². The summed E-state index contributed by atoms with van der Waals surface area (Å²) in [6, 6.07) is 0. The number of carbonyl (C=O) groups is 1. The maximum absolute atomic E-state index is 11.9. The molecule has 1 rings (SSSR count). The van der Waals surface area contributed by atoms with Crippen molar-refractivity contribution in [1.29, 1.82) is 0 Å². The van der Waals surface area contributed by atoms with Crippen molar-refractivity contribution in [3.05, 3.63) is 0 Å². The second kappa shape index (κ2) is 9.16. The number of hydrogen-bond acceptors (Lipinski definition) is 6. The van der Waals surface area contributed by atoms with Crippen molar-refractivity contribution in [2.45, 2.75) is 53.6 Å². The Hall–Kier alpha value is 0.550. The van der Waals surface area contributed by atoms with Crippen LogP contribution in [0.2, 0.25) is 0 Å². The van der Waals surface area contributed by atoms with Gasteiger partial charge in [-0.2, -0.15) is 0 Å². The van der Waals surface area contributed by atoms with Crippen LogP contribution in [0, 0.1) is 22.7 Å². The zero-order chi connectivity index (χ0) is 19.5. The lowest BCUT2D eigenvalue weighted by Gasteiger charge is -2.29. The second-order valence-electron chi connectivity index (χ2n) is 8.53. The Bertz CT molecular complexity index is 507. The Morgan fingerprint density at radius 3 is 2.56 bits per heavy atom. The summed E-state index contributed by atoms with van der Waals surface area (Å²) < 4.78 is 5.85. The maximum Gasteiger partial charge on any atom is 0.196 e. The summed E-state index contributed by atoms with van der Waals surface area (Å²) in [7, 11) is 0. The molecule has 0 aromatic rings. The van der Waals surface area contributed by atoms with Crippen molar-refractivity contribution < 1.29 is 19.5 Å². The van der Waals surface area contributed by atoms with Gasteiger partial charge in [-0.25, -0.2) is 0 Å². The topological polar surface area (TPSA) is 66.8 Å². The van der Waals surface area contributed by atoms with Gasteiger partial charge >= 0.3 is 0 Å². The Morgan fingerprint density at radius 2 is 2.08 bits per heavy atom. The standard InChI is InChI=1S/C18H35O4PS2/c1-13-11-14(15(20)18(13,4)5)7-9-23(6,24)22-8-10-25-16(21)17(2,3)12-19/h13-15,19-20,24H,6-12H2,1-5H3/t13-,14?,15-,23?/m1/s1. The maximum atomic E-state index is 11.9. The molecule has 1 aliphatic rings. The number of aliphatic hydroxyl groups is 2. The molecule has 0 spiro atoms. The highest BCUT2D eigenvalue weighted by atomic mass is 32.7. The van der Waals surface area contributed by atoms with Crippen molar-refractivity contribution in [2.24, 2.45) is 22.7 Å². The number of thioether (sulfide) groups is 1. The van der Waals surface area contributed by atoms with E-state index < -0.39 is 11.7 Å². The van der Waals surface area contributed by atoms with Gasteiger partial charge in [-0.1, -0.05) is 38.8 Å². The van der Waals surface area contributed by atoms with Crippen molar-refractivity contribution >= 4 is 41.7 Å². The largest absolute Gasteiger partial charge is 0.395 e. The van der Waals surface area contributed by atoms with Crippen molar-refractivity contribution in [1.82, 2.24) is 0 Å². The molecule has 4 nitrogen and oxygen atoms in total. The Kier molecular flexibility index (Phi) is 8.64. The lowest BCUT2D eigenvalue weighted by molar-refractivity contribution is -0.119. The number of thiol groups is 1. The lowest BCUT2D eigenvalue weighted by atomic mass is 9.81. The van der Waals surface area contributed by atoms with Crippen molar-refractivity contribution in [3.63, 3.8) is 0 Å². The average molecular weight is 411 g/mol. The predicted molar refractivity (Wildman–Crippen MR) is 114 cm³/mol. The molecule has 0 radical (unpaired) electrons. The molecule has 7 heteroatoms. The fourth-order valence-electron chi connectivity index (χ4n) is 3.10. The van der Waals surface area contributed by atoms with E-state index in [0.29, 0.717) is 18.3 Å². The van der Waals surface area contributed by atoms with Gasteiger partial charge in [-0.3, -0.25) is 4.79 Å². The molecule has 0 aromatic heterocycles. The third-order valence-electron chi connectivity index (χ3n) is 5.58. The van der Waals surface area contributed by atoms with E-state index in [1.165, 1.54) is 11.8 Å². The number of hydrogen-bond donors (Lipinski definition) is 3. The summed E-state index contributed by atoms with van der Waals surface area (Å²) in [6.07, 6.45) is 4.48. The highest BCUT2D eigenvalue weighted by Gasteiger charge is 2.45. The van der Waals surface area contributed by atoms with Gasteiger partial charge in [0.1, 0.15) is 0 Å².